The van der Waals surface area contributed by atoms with Crippen LogP contribution in [0.1, 0.15) is 38.6 Å². The first kappa shape index (κ1) is 12.5. The van der Waals surface area contributed by atoms with Crippen molar-refractivity contribution in [2.24, 2.45) is 4.99 Å². The number of nitrogens with one attached hydrogen (secondary N) is 2. The molecule has 0 unspecified atom stereocenters. The molecule has 0 aliphatic rings. The van der Waals surface area contributed by atoms with Crippen molar-refractivity contribution in [2.75, 3.05) is 0 Å². The largest absolute Gasteiger partial charge is 0.323 e. The van der Waals surface area contributed by atoms with Gasteiger partial charge < -0.3 is 9.97 Å². The lowest BCUT2D eigenvalue weighted by molar-refractivity contribution is 0.832. The standard InChI is InChI=1S/C12H19N3O/c1-8(2)11-10(14-12(16)15-11)6-5-7-13-9(3)4/h7,9H,1,5-6H2,2-4H3,(H2,14,15,16). The Labute approximate surface area is 95.5 Å². The van der Waals surface area contributed by atoms with Crippen LogP contribution in [0.15, 0.2) is 16.4 Å². The number of hydrogen-bond donors (Lipinski definition) is 2. The van der Waals surface area contributed by atoms with Crippen LogP contribution in [0.2, 0.25) is 0 Å². The van der Waals surface area contributed by atoms with E-state index in [0.717, 1.165) is 29.8 Å². The highest BCUT2D eigenvalue weighted by molar-refractivity contribution is 5.61. The SMILES string of the molecule is C=C(C)c1[nH]c(=O)[nH]c1CCC=NC(C)C. The zero-order valence-electron chi connectivity index (χ0n) is 10.1. The molecule has 16 heavy (non-hydrogen) atoms. The van der Waals surface area contributed by atoms with Gasteiger partial charge in [-0.05, 0) is 45.4 Å². The summed E-state index contributed by atoms with van der Waals surface area (Å²) in [7, 11) is 0. The van der Waals surface area contributed by atoms with Gasteiger partial charge in [0.1, 0.15) is 0 Å². The van der Waals surface area contributed by atoms with Gasteiger partial charge in [0.2, 0.25) is 0 Å². The molecule has 0 aliphatic carbocycles. The fraction of sp³-hybridized carbons (Fsp3) is 0.500. The number of imidazole rings is 1. The first-order valence-electron chi connectivity index (χ1n) is 5.49. The van der Waals surface area contributed by atoms with Crippen molar-refractivity contribution >= 4 is 11.8 Å². The lowest BCUT2D eigenvalue weighted by Gasteiger charge is -2.00. The Morgan fingerprint density at radius 3 is 2.75 bits per heavy atom. The second kappa shape index (κ2) is 5.49. The lowest BCUT2D eigenvalue weighted by Crippen LogP contribution is -2.01. The second-order valence-corrected chi connectivity index (χ2v) is 4.18. The Hall–Kier alpha value is -1.58. The molecule has 0 fully saturated rings. The Balaban J connectivity index is 2.67. The molecule has 0 aromatic carbocycles. The van der Waals surface area contributed by atoms with Crippen LogP contribution in [0.5, 0.6) is 0 Å². The number of H-pyrrole nitrogens is 2. The quantitative estimate of drug-likeness (QED) is 0.735. The van der Waals surface area contributed by atoms with E-state index in [0.29, 0.717) is 6.04 Å². The van der Waals surface area contributed by atoms with Crippen LogP contribution in [0.25, 0.3) is 5.57 Å². The molecule has 88 valence electrons. The molecule has 2 N–H and O–H groups in total. The van der Waals surface area contributed by atoms with E-state index < -0.39 is 0 Å². The molecule has 0 saturated carbocycles. The first-order valence-corrected chi connectivity index (χ1v) is 5.49. The molecule has 0 bridgehead atoms. The molecule has 0 atom stereocenters. The van der Waals surface area contributed by atoms with E-state index in [1.54, 1.807) is 0 Å². The fourth-order valence-electron chi connectivity index (χ4n) is 1.47. The molecule has 1 heterocycles. The number of aromatic nitrogens is 2. The normalized spacial score (nSPS) is 11.5. The molecule has 1 aromatic heterocycles. The highest BCUT2D eigenvalue weighted by Gasteiger charge is 2.06. The molecule has 0 saturated heterocycles. The molecule has 0 amide bonds. The predicted molar refractivity (Wildman–Crippen MR) is 68.1 cm³/mol. The molecule has 0 spiro atoms. The average molecular weight is 221 g/mol. The minimum absolute atomic E-state index is 0.172. The van der Waals surface area contributed by atoms with Crippen molar-refractivity contribution in [2.45, 2.75) is 39.7 Å². The molecule has 0 aliphatic heterocycles. The second-order valence-electron chi connectivity index (χ2n) is 4.18. The summed E-state index contributed by atoms with van der Waals surface area (Å²) in [5, 5.41) is 0. The van der Waals surface area contributed by atoms with Gasteiger partial charge in [0.05, 0.1) is 5.69 Å². The number of rotatable bonds is 5. The number of nitrogens with zero attached hydrogens (tertiary/aromatic N) is 1. The molecule has 0 radical (unpaired) electrons. The van der Waals surface area contributed by atoms with E-state index in [4.69, 9.17) is 0 Å². The maximum atomic E-state index is 11.2. The molecular formula is C12H19N3O. The summed E-state index contributed by atoms with van der Waals surface area (Å²) in [5.41, 5.74) is 2.43. The van der Waals surface area contributed by atoms with E-state index in [-0.39, 0.29) is 5.69 Å². The summed E-state index contributed by atoms with van der Waals surface area (Å²) in [6.45, 7) is 9.78. The number of aromatic amines is 2. The van der Waals surface area contributed by atoms with Crippen molar-refractivity contribution < 1.29 is 0 Å². The van der Waals surface area contributed by atoms with Crippen molar-refractivity contribution in [3.05, 3.63) is 28.5 Å². The van der Waals surface area contributed by atoms with E-state index in [9.17, 15) is 4.79 Å². The third kappa shape index (κ3) is 3.53. The summed E-state index contributed by atoms with van der Waals surface area (Å²) in [4.78, 5) is 21.0. The van der Waals surface area contributed by atoms with Crippen LogP contribution >= 0.6 is 0 Å². The third-order valence-electron chi connectivity index (χ3n) is 2.16. The topological polar surface area (TPSA) is 61.0 Å². The summed E-state index contributed by atoms with van der Waals surface area (Å²) in [5.74, 6) is 0. The summed E-state index contributed by atoms with van der Waals surface area (Å²) in [6, 6.07) is 0.325. The van der Waals surface area contributed by atoms with Crippen LogP contribution in [0.4, 0.5) is 0 Å². The van der Waals surface area contributed by atoms with Crippen LogP contribution in [-0.4, -0.2) is 22.2 Å². The maximum absolute atomic E-state index is 11.2. The van der Waals surface area contributed by atoms with Gasteiger partial charge in [0.25, 0.3) is 0 Å². The van der Waals surface area contributed by atoms with Crippen molar-refractivity contribution in [1.82, 2.24) is 9.97 Å². The predicted octanol–water partition coefficient (Wildman–Crippen LogP) is 2.15. The summed E-state index contributed by atoms with van der Waals surface area (Å²) in [6.07, 6.45) is 3.50. The average Bonchev–Trinajstić information content (AvgIpc) is 2.54. The van der Waals surface area contributed by atoms with Gasteiger partial charge in [-0.15, -0.1) is 0 Å². The molecule has 4 heteroatoms. The van der Waals surface area contributed by atoms with Gasteiger partial charge in [0, 0.05) is 11.7 Å². The minimum atomic E-state index is -0.172. The van der Waals surface area contributed by atoms with Crippen molar-refractivity contribution in [1.29, 1.82) is 0 Å². The number of allylic oxidation sites excluding steroid dienone is 1. The summed E-state index contributed by atoms with van der Waals surface area (Å²) >= 11 is 0. The van der Waals surface area contributed by atoms with Gasteiger partial charge in [-0.3, -0.25) is 4.99 Å². The van der Waals surface area contributed by atoms with E-state index in [1.165, 1.54) is 0 Å². The molecule has 1 rings (SSSR count). The Morgan fingerprint density at radius 2 is 2.19 bits per heavy atom. The van der Waals surface area contributed by atoms with Gasteiger partial charge in [0.15, 0.2) is 0 Å². The smallest absolute Gasteiger partial charge is 0.309 e. The maximum Gasteiger partial charge on any atom is 0.323 e. The van der Waals surface area contributed by atoms with Crippen LogP contribution in [-0.2, 0) is 6.42 Å². The number of hydrogen-bond acceptors (Lipinski definition) is 2. The highest BCUT2D eigenvalue weighted by Crippen LogP contribution is 2.12. The van der Waals surface area contributed by atoms with E-state index in [2.05, 4.69) is 21.5 Å². The van der Waals surface area contributed by atoms with Crippen molar-refractivity contribution in [3.63, 3.8) is 0 Å². The monoisotopic (exact) mass is 221 g/mol. The Bertz CT molecular complexity index is 437. The third-order valence-corrected chi connectivity index (χ3v) is 2.16. The Morgan fingerprint density at radius 1 is 1.50 bits per heavy atom. The number of aliphatic imine (C=N–C) groups is 1. The first-order chi connectivity index (χ1) is 7.50. The van der Waals surface area contributed by atoms with Gasteiger partial charge in [-0.25, -0.2) is 4.79 Å². The van der Waals surface area contributed by atoms with Crippen LogP contribution < -0.4 is 5.69 Å². The number of aryl methyl sites for hydroxylation is 1. The van der Waals surface area contributed by atoms with Crippen LogP contribution in [0, 0.1) is 0 Å². The zero-order valence-corrected chi connectivity index (χ0v) is 10.1. The van der Waals surface area contributed by atoms with Gasteiger partial charge in [-0.2, -0.15) is 0 Å². The highest BCUT2D eigenvalue weighted by atomic mass is 16.1. The van der Waals surface area contributed by atoms with Gasteiger partial charge >= 0.3 is 5.69 Å². The van der Waals surface area contributed by atoms with E-state index >= 15 is 0 Å². The lowest BCUT2D eigenvalue weighted by atomic mass is 10.1. The summed E-state index contributed by atoms with van der Waals surface area (Å²) < 4.78 is 0. The minimum Gasteiger partial charge on any atom is -0.309 e. The zero-order chi connectivity index (χ0) is 12.1. The van der Waals surface area contributed by atoms with Crippen molar-refractivity contribution in [3.8, 4) is 0 Å². The van der Waals surface area contributed by atoms with Gasteiger partial charge in [-0.1, -0.05) is 6.58 Å². The Kier molecular flexibility index (Phi) is 4.28. The van der Waals surface area contributed by atoms with E-state index in [1.807, 2.05) is 27.0 Å². The fourth-order valence-corrected chi connectivity index (χ4v) is 1.47. The molecular weight excluding hydrogens is 202 g/mol. The molecule has 1 aromatic rings. The van der Waals surface area contributed by atoms with Crippen LogP contribution in [0.3, 0.4) is 0 Å². The molecule has 4 nitrogen and oxygen atoms in total.